The monoisotopic (exact) mass is 303 g/mol. The highest BCUT2D eigenvalue weighted by Crippen LogP contribution is 2.20. The second-order valence-electron chi connectivity index (χ2n) is 4.58. The summed E-state index contributed by atoms with van der Waals surface area (Å²) in [5, 5.41) is 7.52. The molecule has 7 nitrogen and oxygen atoms in total. The maximum absolute atomic E-state index is 12.5. The molecule has 0 saturated heterocycles. The summed E-state index contributed by atoms with van der Waals surface area (Å²) >= 11 is 0. The summed E-state index contributed by atoms with van der Waals surface area (Å²) in [4.78, 5) is 8.23. The van der Waals surface area contributed by atoms with Gasteiger partial charge in [0.25, 0.3) is 0 Å². The Morgan fingerprint density at radius 1 is 1.24 bits per heavy atom. The molecule has 0 unspecified atom stereocenters. The van der Waals surface area contributed by atoms with E-state index in [-0.39, 0.29) is 11.4 Å². The number of nitrogens with one attached hydrogen (secondary N) is 1. The Kier molecular flexibility index (Phi) is 3.40. The average Bonchev–Trinajstić information content (AvgIpc) is 2.95. The van der Waals surface area contributed by atoms with E-state index >= 15 is 0 Å². The number of benzene rings is 1. The standard InChI is InChI=1S/C13H13N5O2S/c1-18(9-11-8-14-4-5-15-11)21(19,20)12-3-2-10-7-16-17-13(10)6-12/h2-8H,9H2,1H3,(H,16,17). The fourth-order valence-electron chi connectivity index (χ4n) is 1.98. The summed E-state index contributed by atoms with van der Waals surface area (Å²) in [6.45, 7) is 0.164. The van der Waals surface area contributed by atoms with E-state index in [2.05, 4.69) is 20.2 Å². The summed E-state index contributed by atoms with van der Waals surface area (Å²) in [7, 11) is -2.07. The number of fused-ring (bicyclic) bond motifs is 1. The number of sulfonamides is 1. The van der Waals surface area contributed by atoms with E-state index in [0.29, 0.717) is 11.2 Å². The average molecular weight is 303 g/mol. The van der Waals surface area contributed by atoms with Gasteiger partial charge in [-0.1, -0.05) is 0 Å². The second kappa shape index (κ2) is 5.23. The molecule has 0 aliphatic carbocycles. The fourth-order valence-corrected chi connectivity index (χ4v) is 3.15. The first-order valence-electron chi connectivity index (χ1n) is 6.22. The molecule has 1 aromatic carbocycles. The Labute approximate surface area is 121 Å². The minimum absolute atomic E-state index is 0.164. The predicted octanol–water partition coefficient (Wildman–Crippen LogP) is 1.17. The van der Waals surface area contributed by atoms with Gasteiger partial charge in [0, 0.05) is 31.0 Å². The van der Waals surface area contributed by atoms with Crippen LogP contribution in [0.25, 0.3) is 10.9 Å². The van der Waals surface area contributed by atoms with Crippen molar-refractivity contribution in [1.29, 1.82) is 0 Å². The number of hydrogen-bond acceptors (Lipinski definition) is 5. The summed E-state index contributed by atoms with van der Waals surface area (Å²) in [6, 6.07) is 4.87. The summed E-state index contributed by atoms with van der Waals surface area (Å²) in [6.07, 6.45) is 6.27. The SMILES string of the molecule is CN(Cc1cnccn1)S(=O)(=O)c1ccc2cn[nH]c2c1. The number of H-pyrrole nitrogens is 1. The van der Waals surface area contributed by atoms with E-state index in [4.69, 9.17) is 0 Å². The van der Waals surface area contributed by atoms with Crippen LogP contribution >= 0.6 is 0 Å². The zero-order valence-corrected chi connectivity index (χ0v) is 12.1. The van der Waals surface area contributed by atoms with Gasteiger partial charge in [0.15, 0.2) is 0 Å². The third kappa shape index (κ3) is 2.63. The van der Waals surface area contributed by atoms with Crippen molar-refractivity contribution >= 4 is 20.9 Å². The van der Waals surface area contributed by atoms with Crippen LogP contribution in [0.3, 0.4) is 0 Å². The molecule has 3 aromatic rings. The first-order chi connectivity index (χ1) is 10.1. The molecule has 108 valence electrons. The van der Waals surface area contributed by atoms with Crippen molar-refractivity contribution < 1.29 is 8.42 Å². The normalized spacial score (nSPS) is 12.1. The van der Waals surface area contributed by atoms with Crippen molar-refractivity contribution in [1.82, 2.24) is 24.5 Å². The van der Waals surface area contributed by atoms with Crippen LogP contribution < -0.4 is 0 Å². The van der Waals surface area contributed by atoms with Crippen LogP contribution in [-0.2, 0) is 16.6 Å². The van der Waals surface area contributed by atoms with Crippen LogP contribution in [-0.4, -0.2) is 39.9 Å². The molecule has 21 heavy (non-hydrogen) atoms. The van der Waals surface area contributed by atoms with Crippen molar-refractivity contribution in [3.05, 3.63) is 48.7 Å². The van der Waals surface area contributed by atoms with Gasteiger partial charge in [0.2, 0.25) is 10.0 Å². The molecular formula is C13H13N5O2S. The van der Waals surface area contributed by atoms with Gasteiger partial charge in [-0.25, -0.2) is 8.42 Å². The maximum Gasteiger partial charge on any atom is 0.243 e. The highest BCUT2D eigenvalue weighted by Gasteiger charge is 2.21. The lowest BCUT2D eigenvalue weighted by atomic mass is 10.3. The third-order valence-electron chi connectivity index (χ3n) is 3.12. The van der Waals surface area contributed by atoms with Crippen molar-refractivity contribution in [2.24, 2.45) is 0 Å². The van der Waals surface area contributed by atoms with Crippen LogP contribution in [0, 0.1) is 0 Å². The zero-order chi connectivity index (χ0) is 14.9. The van der Waals surface area contributed by atoms with E-state index in [1.165, 1.54) is 17.5 Å². The van der Waals surface area contributed by atoms with Gasteiger partial charge in [0.1, 0.15) is 0 Å². The van der Waals surface area contributed by atoms with Gasteiger partial charge >= 0.3 is 0 Å². The van der Waals surface area contributed by atoms with Crippen molar-refractivity contribution in [2.75, 3.05) is 7.05 Å². The van der Waals surface area contributed by atoms with Gasteiger partial charge < -0.3 is 0 Å². The largest absolute Gasteiger partial charge is 0.278 e. The van der Waals surface area contributed by atoms with Crippen molar-refractivity contribution in [2.45, 2.75) is 11.4 Å². The Morgan fingerprint density at radius 2 is 2.10 bits per heavy atom. The molecular weight excluding hydrogens is 290 g/mol. The lowest BCUT2D eigenvalue weighted by Crippen LogP contribution is -2.26. The van der Waals surface area contributed by atoms with Crippen LogP contribution in [0.15, 0.2) is 47.9 Å². The Balaban J connectivity index is 1.91. The topological polar surface area (TPSA) is 91.8 Å². The quantitative estimate of drug-likeness (QED) is 0.781. The van der Waals surface area contributed by atoms with Crippen molar-refractivity contribution in [3.63, 3.8) is 0 Å². The van der Waals surface area contributed by atoms with Crippen molar-refractivity contribution in [3.8, 4) is 0 Å². The molecule has 0 amide bonds. The highest BCUT2D eigenvalue weighted by atomic mass is 32.2. The van der Waals surface area contributed by atoms with Crippen LogP contribution in [0.5, 0.6) is 0 Å². The molecule has 0 atom stereocenters. The number of nitrogens with zero attached hydrogens (tertiary/aromatic N) is 4. The molecule has 2 heterocycles. The maximum atomic E-state index is 12.5. The number of rotatable bonds is 4. The van der Waals surface area contributed by atoms with E-state index in [9.17, 15) is 8.42 Å². The second-order valence-corrected chi connectivity index (χ2v) is 6.62. The van der Waals surface area contributed by atoms with Gasteiger partial charge in [-0.15, -0.1) is 0 Å². The molecule has 0 spiro atoms. The van der Waals surface area contributed by atoms with Gasteiger partial charge in [0.05, 0.1) is 28.8 Å². The van der Waals surface area contributed by atoms with E-state index in [1.807, 2.05) is 0 Å². The van der Waals surface area contributed by atoms with Gasteiger partial charge in [-0.05, 0) is 18.2 Å². The molecule has 0 aliphatic heterocycles. The molecule has 8 heteroatoms. The first kappa shape index (κ1) is 13.7. The molecule has 3 rings (SSSR count). The van der Waals surface area contributed by atoms with Crippen LogP contribution in [0.1, 0.15) is 5.69 Å². The van der Waals surface area contributed by atoms with E-state index < -0.39 is 10.0 Å². The van der Waals surface area contributed by atoms with E-state index in [1.54, 1.807) is 36.8 Å². The molecule has 0 fully saturated rings. The Bertz CT molecular complexity index is 860. The molecule has 0 radical (unpaired) electrons. The molecule has 0 saturated carbocycles. The predicted molar refractivity (Wildman–Crippen MR) is 76.8 cm³/mol. The summed E-state index contributed by atoms with van der Waals surface area (Å²) < 4.78 is 26.3. The molecule has 2 aromatic heterocycles. The smallest absolute Gasteiger partial charge is 0.243 e. The zero-order valence-electron chi connectivity index (χ0n) is 11.3. The molecule has 1 N–H and O–H groups in total. The van der Waals surface area contributed by atoms with Gasteiger partial charge in [-0.3, -0.25) is 15.1 Å². The molecule has 0 bridgehead atoms. The minimum atomic E-state index is -3.59. The summed E-state index contributed by atoms with van der Waals surface area (Å²) in [5.41, 5.74) is 1.27. The minimum Gasteiger partial charge on any atom is -0.278 e. The van der Waals surface area contributed by atoms with E-state index in [0.717, 1.165) is 5.39 Å². The Hall–Kier alpha value is -2.32. The molecule has 0 aliphatic rings. The van der Waals surface area contributed by atoms with Crippen LogP contribution in [0.4, 0.5) is 0 Å². The fraction of sp³-hybridized carbons (Fsp3) is 0.154. The first-order valence-corrected chi connectivity index (χ1v) is 7.66. The van der Waals surface area contributed by atoms with Crippen LogP contribution in [0.2, 0.25) is 0 Å². The lowest BCUT2D eigenvalue weighted by molar-refractivity contribution is 0.461. The third-order valence-corrected chi connectivity index (χ3v) is 4.92. The number of aromatic amines is 1. The number of aromatic nitrogens is 4. The highest BCUT2D eigenvalue weighted by molar-refractivity contribution is 7.89. The summed E-state index contributed by atoms with van der Waals surface area (Å²) in [5.74, 6) is 0. The number of hydrogen-bond donors (Lipinski definition) is 1. The van der Waals surface area contributed by atoms with Gasteiger partial charge in [-0.2, -0.15) is 9.40 Å². The Morgan fingerprint density at radius 3 is 2.86 bits per heavy atom. The lowest BCUT2D eigenvalue weighted by Gasteiger charge is -2.16.